The number of hydrogen-bond acceptors (Lipinski definition) is 7. The molecule has 3 rings (SSSR count). The topological polar surface area (TPSA) is 109 Å². The van der Waals surface area contributed by atoms with Crippen LogP contribution in [0.5, 0.6) is 0 Å². The lowest BCUT2D eigenvalue weighted by molar-refractivity contribution is -0.154. The molecule has 2 fully saturated rings. The SMILES string of the molecule is C#CCC1C(=O)C(C)(C)C(O)CC(=O)OC(C(C)=Cc2ccccn2)CC2OC2(C)CCCC(C)C1O. The highest BCUT2D eigenvalue weighted by atomic mass is 16.6. The summed E-state index contributed by atoms with van der Waals surface area (Å²) >= 11 is 0. The number of ketones is 1. The fourth-order valence-electron chi connectivity index (χ4n) is 5.22. The lowest BCUT2D eigenvalue weighted by Crippen LogP contribution is -2.46. The van der Waals surface area contributed by atoms with E-state index in [1.807, 2.05) is 38.1 Å². The van der Waals surface area contributed by atoms with Crippen molar-refractivity contribution in [2.75, 3.05) is 0 Å². The third kappa shape index (κ3) is 7.07. The van der Waals surface area contributed by atoms with Crippen LogP contribution in [0.15, 0.2) is 30.0 Å². The highest BCUT2D eigenvalue weighted by molar-refractivity contribution is 5.88. The Morgan fingerprint density at radius 2 is 2.00 bits per heavy atom. The first kappa shape index (κ1) is 29.0. The molecule has 0 spiro atoms. The average molecular weight is 512 g/mol. The Bertz CT molecular complexity index is 1030. The van der Waals surface area contributed by atoms with E-state index in [0.717, 1.165) is 24.1 Å². The number of carbonyl (C=O) groups excluding carboxylic acids is 2. The molecule has 7 heteroatoms. The summed E-state index contributed by atoms with van der Waals surface area (Å²) in [5.74, 6) is 0.558. The van der Waals surface area contributed by atoms with Crippen LogP contribution in [0.4, 0.5) is 0 Å². The molecule has 0 aromatic carbocycles. The van der Waals surface area contributed by atoms with Gasteiger partial charge in [-0.1, -0.05) is 33.3 Å². The molecule has 0 aliphatic carbocycles. The number of Topliss-reactive ketones (excluding diaryl/α,β-unsaturated/α-hetero) is 1. The van der Waals surface area contributed by atoms with E-state index in [-0.39, 0.29) is 36.2 Å². The van der Waals surface area contributed by atoms with E-state index < -0.39 is 35.6 Å². The van der Waals surface area contributed by atoms with E-state index in [2.05, 4.69) is 17.8 Å². The number of aliphatic hydroxyl groups excluding tert-OH is 2. The summed E-state index contributed by atoms with van der Waals surface area (Å²) in [6.07, 6.45) is 8.73. The number of rotatable bonds is 3. The van der Waals surface area contributed by atoms with Crippen molar-refractivity contribution in [2.45, 2.75) is 103 Å². The average Bonchev–Trinajstić information content (AvgIpc) is 3.49. The molecule has 2 N–H and O–H groups in total. The van der Waals surface area contributed by atoms with Gasteiger partial charge in [0.2, 0.25) is 0 Å². The summed E-state index contributed by atoms with van der Waals surface area (Å²) in [7, 11) is 0. The monoisotopic (exact) mass is 511 g/mol. The molecule has 202 valence electrons. The predicted octanol–water partition coefficient (Wildman–Crippen LogP) is 4.11. The van der Waals surface area contributed by atoms with Gasteiger partial charge in [0.05, 0.1) is 47.4 Å². The maximum absolute atomic E-state index is 13.5. The van der Waals surface area contributed by atoms with Gasteiger partial charge in [-0.15, -0.1) is 12.3 Å². The van der Waals surface area contributed by atoms with Crippen LogP contribution < -0.4 is 0 Å². The Morgan fingerprint density at radius 1 is 1.27 bits per heavy atom. The molecular weight excluding hydrogens is 470 g/mol. The number of nitrogens with zero attached hydrogens (tertiary/aromatic N) is 1. The lowest BCUT2D eigenvalue weighted by Gasteiger charge is -2.35. The minimum atomic E-state index is -1.30. The van der Waals surface area contributed by atoms with E-state index in [9.17, 15) is 19.8 Å². The number of ether oxygens (including phenoxy) is 2. The minimum absolute atomic E-state index is 0.0629. The third-order valence-electron chi connectivity index (χ3n) is 8.14. The van der Waals surface area contributed by atoms with Crippen molar-refractivity contribution in [1.29, 1.82) is 0 Å². The molecule has 7 atom stereocenters. The van der Waals surface area contributed by atoms with Crippen LogP contribution in [0.2, 0.25) is 0 Å². The molecule has 7 unspecified atom stereocenters. The number of epoxide rings is 1. The minimum Gasteiger partial charge on any atom is -0.458 e. The Hall–Kier alpha value is -2.53. The summed E-state index contributed by atoms with van der Waals surface area (Å²) in [6.45, 7) is 9.04. The maximum atomic E-state index is 13.5. The molecule has 7 nitrogen and oxygen atoms in total. The van der Waals surface area contributed by atoms with Crippen molar-refractivity contribution in [1.82, 2.24) is 4.98 Å². The smallest absolute Gasteiger partial charge is 0.309 e. The van der Waals surface area contributed by atoms with Crippen LogP contribution in [0, 0.1) is 29.6 Å². The van der Waals surface area contributed by atoms with Crippen LogP contribution in [-0.2, 0) is 19.1 Å². The molecule has 1 aromatic heterocycles. The number of pyridine rings is 1. The van der Waals surface area contributed by atoms with Crippen LogP contribution in [-0.4, -0.2) is 57.0 Å². The van der Waals surface area contributed by atoms with Crippen molar-refractivity contribution in [2.24, 2.45) is 17.3 Å². The molecule has 2 aliphatic heterocycles. The van der Waals surface area contributed by atoms with Gasteiger partial charge in [-0.05, 0) is 56.4 Å². The number of fused-ring (bicyclic) bond motifs is 1. The van der Waals surface area contributed by atoms with E-state index in [1.54, 1.807) is 20.0 Å². The predicted molar refractivity (Wildman–Crippen MR) is 141 cm³/mol. The van der Waals surface area contributed by atoms with Gasteiger partial charge < -0.3 is 19.7 Å². The molecule has 0 bridgehead atoms. The first-order chi connectivity index (χ1) is 17.4. The zero-order valence-corrected chi connectivity index (χ0v) is 22.6. The fraction of sp³-hybridized carbons (Fsp3) is 0.633. The van der Waals surface area contributed by atoms with Gasteiger partial charge in [0, 0.05) is 19.0 Å². The van der Waals surface area contributed by atoms with Gasteiger partial charge in [-0.3, -0.25) is 14.6 Å². The van der Waals surface area contributed by atoms with Crippen LogP contribution >= 0.6 is 0 Å². The van der Waals surface area contributed by atoms with Crippen LogP contribution in [0.3, 0.4) is 0 Å². The summed E-state index contributed by atoms with van der Waals surface area (Å²) < 4.78 is 11.9. The van der Waals surface area contributed by atoms with Crippen molar-refractivity contribution in [3.8, 4) is 12.3 Å². The number of aromatic nitrogens is 1. The number of carbonyl (C=O) groups is 2. The first-order valence-corrected chi connectivity index (χ1v) is 13.2. The van der Waals surface area contributed by atoms with Crippen molar-refractivity contribution < 1.29 is 29.3 Å². The van der Waals surface area contributed by atoms with Gasteiger partial charge in [0.25, 0.3) is 0 Å². The third-order valence-corrected chi connectivity index (χ3v) is 8.14. The van der Waals surface area contributed by atoms with Gasteiger partial charge >= 0.3 is 5.97 Å². The molecule has 2 saturated heterocycles. The highest BCUT2D eigenvalue weighted by Gasteiger charge is 2.53. The standard InChI is InChI=1S/C30H41NO6/c1-7-11-22-27(34)19(2)12-10-14-30(6)25(37-30)17-23(20(3)16-21-13-8-9-15-31-21)36-26(33)18-24(32)29(4,5)28(22)35/h1,8-9,13,15-16,19,22-25,27,32,34H,10-12,14,17-18H2,2-6H3. The number of esters is 1. The van der Waals surface area contributed by atoms with E-state index in [1.165, 1.54) is 0 Å². The molecule has 0 radical (unpaired) electrons. The van der Waals surface area contributed by atoms with Gasteiger partial charge in [-0.25, -0.2) is 0 Å². The summed E-state index contributed by atoms with van der Waals surface area (Å²) in [5.41, 5.74) is -0.0684. The summed E-state index contributed by atoms with van der Waals surface area (Å²) in [5, 5.41) is 22.0. The normalized spacial score (nSPS) is 35.7. The summed E-state index contributed by atoms with van der Waals surface area (Å²) in [6, 6.07) is 5.60. The van der Waals surface area contributed by atoms with Gasteiger partial charge in [-0.2, -0.15) is 0 Å². The Kier molecular flexibility index (Phi) is 9.33. The Morgan fingerprint density at radius 3 is 2.65 bits per heavy atom. The Labute approximate surface area is 220 Å². The van der Waals surface area contributed by atoms with Gasteiger partial charge in [0.15, 0.2) is 0 Å². The summed E-state index contributed by atoms with van der Waals surface area (Å²) in [4.78, 5) is 30.9. The van der Waals surface area contributed by atoms with E-state index >= 15 is 0 Å². The quantitative estimate of drug-likeness (QED) is 0.357. The number of terminal acetylenes is 1. The zero-order chi connectivity index (χ0) is 27.4. The molecule has 37 heavy (non-hydrogen) atoms. The molecule has 0 saturated carbocycles. The number of hydrogen-bond donors (Lipinski definition) is 2. The number of aliphatic hydroxyl groups is 2. The maximum Gasteiger partial charge on any atom is 0.309 e. The van der Waals surface area contributed by atoms with Crippen LogP contribution in [0.1, 0.15) is 78.8 Å². The largest absolute Gasteiger partial charge is 0.458 e. The van der Waals surface area contributed by atoms with E-state index in [0.29, 0.717) is 12.8 Å². The molecule has 3 heterocycles. The highest BCUT2D eigenvalue weighted by Crippen LogP contribution is 2.45. The lowest BCUT2D eigenvalue weighted by atomic mass is 9.71. The van der Waals surface area contributed by atoms with E-state index in [4.69, 9.17) is 15.9 Å². The first-order valence-electron chi connectivity index (χ1n) is 13.2. The number of cyclic esters (lactones) is 1. The Balaban J connectivity index is 1.89. The molecule has 1 aromatic rings. The second-order valence-electron chi connectivity index (χ2n) is 11.5. The fourth-order valence-corrected chi connectivity index (χ4v) is 5.22. The molecular formula is C30H41NO6. The van der Waals surface area contributed by atoms with Crippen molar-refractivity contribution in [3.63, 3.8) is 0 Å². The van der Waals surface area contributed by atoms with Crippen LogP contribution in [0.25, 0.3) is 6.08 Å². The second kappa shape index (κ2) is 11.9. The van der Waals surface area contributed by atoms with Gasteiger partial charge in [0.1, 0.15) is 11.9 Å². The zero-order valence-electron chi connectivity index (χ0n) is 22.6. The van der Waals surface area contributed by atoms with Crippen molar-refractivity contribution >= 4 is 17.8 Å². The van der Waals surface area contributed by atoms with Crippen molar-refractivity contribution in [3.05, 3.63) is 35.7 Å². The molecule has 2 aliphatic rings. The second-order valence-corrected chi connectivity index (χ2v) is 11.5. The molecule has 0 amide bonds.